The number of nitrogens with one attached hydrogen (secondary N) is 2. The molecule has 2 N–H and O–H groups in total. The van der Waals surface area contributed by atoms with E-state index in [2.05, 4.69) is 15.6 Å². The predicted octanol–water partition coefficient (Wildman–Crippen LogP) is 2.87. The number of pyridine rings is 1. The number of hydrogen-bond donors (Lipinski definition) is 2. The molecule has 0 radical (unpaired) electrons. The molecule has 3 rings (SSSR count). The Morgan fingerprint density at radius 2 is 2.22 bits per heavy atom. The lowest BCUT2D eigenvalue weighted by molar-refractivity contribution is 0.392. The van der Waals surface area contributed by atoms with Gasteiger partial charge in [-0.2, -0.15) is 0 Å². The molecule has 0 spiro atoms. The average Bonchev–Trinajstić information content (AvgIpc) is 2.90. The fourth-order valence-electron chi connectivity index (χ4n) is 3.35. The van der Waals surface area contributed by atoms with Crippen molar-refractivity contribution in [3.63, 3.8) is 0 Å². The summed E-state index contributed by atoms with van der Waals surface area (Å²) in [6.45, 7) is 1.98. The number of rotatable bonds is 2. The Hall–Kier alpha value is -1.16. The number of fused-ring (bicyclic) bond motifs is 2. The number of hydrogen-bond acceptors (Lipinski definition) is 2. The monoisotopic (exact) mass is 261 g/mol. The van der Waals surface area contributed by atoms with Crippen LogP contribution in [0.1, 0.15) is 31.4 Å². The van der Waals surface area contributed by atoms with Gasteiger partial charge in [0, 0.05) is 11.7 Å². The Bertz CT molecular complexity index is 460. The summed E-state index contributed by atoms with van der Waals surface area (Å²) in [5.41, 5.74) is 1.00. The first-order valence-corrected chi connectivity index (χ1v) is 7.13. The van der Waals surface area contributed by atoms with Crippen LogP contribution in [0.5, 0.6) is 0 Å². The normalized spacial score (nSPS) is 29.3. The molecule has 1 aromatic heterocycles. The van der Waals surface area contributed by atoms with Gasteiger partial charge in [-0.05, 0) is 62.4 Å². The highest BCUT2D eigenvalue weighted by Crippen LogP contribution is 2.44. The summed E-state index contributed by atoms with van der Waals surface area (Å²) in [5, 5.41) is 7.35. The molecule has 0 saturated heterocycles. The molecular formula is C14H19N3S. The maximum Gasteiger partial charge on any atom is 0.172 e. The van der Waals surface area contributed by atoms with E-state index in [-0.39, 0.29) is 0 Å². The van der Waals surface area contributed by atoms with E-state index in [0.717, 1.165) is 23.3 Å². The lowest BCUT2D eigenvalue weighted by Gasteiger charge is -2.24. The zero-order chi connectivity index (χ0) is 12.5. The van der Waals surface area contributed by atoms with Gasteiger partial charge in [0.05, 0.1) is 0 Å². The first kappa shape index (κ1) is 11.9. The van der Waals surface area contributed by atoms with Crippen molar-refractivity contribution in [2.24, 2.45) is 11.8 Å². The zero-order valence-electron chi connectivity index (χ0n) is 10.6. The summed E-state index contributed by atoms with van der Waals surface area (Å²) in [4.78, 5) is 4.40. The van der Waals surface area contributed by atoms with E-state index in [1.807, 2.05) is 25.1 Å². The molecule has 2 bridgehead atoms. The molecular weight excluding hydrogens is 242 g/mol. The van der Waals surface area contributed by atoms with Crippen molar-refractivity contribution in [1.29, 1.82) is 0 Å². The van der Waals surface area contributed by atoms with Crippen LogP contribution in [-0.2, 0) is 0 Å². The molecule has 0 aromatic carbocycles. The van der Waals surface area contributed by atoms with Crippen LogP contribution in [0.3, 0.4) is 0 Å². The van der Waals surface area contributed by atoms with Gasteiger partial charge < -0.3 is 10.6 Å². The quantitative estimate of drug-likeness (QED) is 0.803. The van der Waals surface area contributed by atoms with Gasteiger partial charge in [0.2, 0.25) is 0 Å². The van der Waals surface area contributed by atoms with Crippen LogP contribution in [0.4, 0.5) is 5.82 Å². The minimum absolute atomic E-state index is 0.577. The Labute approximate surface area is 113 Å². The summed E-state index contributed by atoms with van der Waals surface area (Å²) in [5.74, 6) is 2.60. The van der Waals surface area contributed by atoms with Gasteiger partial charge in [-0.1, -0.05) is 12.5 Å². The van der Waals surface area contributed by atoms with Crippen molar-refractivity contribution in [2.75, 3.05) is 5.32 Å². The van der Waals surface area contributed by atoms with E-state index in [1.165, 1.54) is 25.7 Å². The first-order chi connectivity index (χ1) is 8.70. The fraction of sp³-hybridized carbons (Fsp3) is 0.571. The van der Waals surface area contributed by atoms with Crippen molar-refractivity contribution in [3.05, 3.63) is 23.9 Å². The number of aromatic nitrogens is 1. The van der Waals surface area contributed by atoms with Crippen molar-refractivity contribution >= 4 is 23.1 Å². The third-order valence-corrected chi connectivity index (χ3v) is 4.40. The van der Waals surface area contributed by atoms with E-state index < -0.39 is 0 Å². The topological polar surface area (TPSA) is 37.0 Å². The smallest absolute Gasteiger partial charge is 0.172 e. The maximum absolute atomic E-state index is 5.37. The first-order valence-electron chi connectivity index (χ1n) is 6.72. The van der Waals surface area contributed by atoms with Gasteiger partial charge in [0.15, 0.2) is 5.11 Å². The van der Waals surface area contributed by atoms with E-state index in [1.54, 1.807) is 0 Å². The van der Waals surface area contributed by atoms with Gasteiger partial charge in [0.1, 0.15) is 5.82 Å². The number of anilines is 1. The highest BCUT2D eigenvalue weighted by atomic mass is 32.1. The maximum atomic E-state index is 5.37. The van der Waals surface area contributed by atoms with E-state index in [4.69, 9.17) is 12.2 Å². The van der Waals surface area contributed by atoms with Gasteiger partial charge in [-0.25, -0.2) is 4.98 Å². The number of aryl methyl sites for hydroxylation is 1. The van der Waals surface area contributed by atoms with Crippen LogP contribution in [0.15, 0.2) is 18.2 Å². The van der Waals surface area contributed by atoms with Gasteiger partial charge in [-0.15, -0.1) is 0 Å². The summed E-state index contributed by atoms with van der Waals surface area (Å²) in [7, 11) is 0. The van der Waals surface area contributed by atoms with Crippen LogP contribution < -0.4 is 10.6 Å². The van der Waals surface area contributed by atoms with Crippen LogP contribution in [0.25, 0.3) is 0 Å². The molecule has 2 saturated carbocycles. The second-order valence-corrected chi connectivity index (χ2v) is 5.95. The molecule has 1 heterocycles. The molecule has 0 amide bonds. The summed E-state index contributed by atoms with van der Waals surface area (Å²) >= 11 is 5.37. The van der Waals surface area contributed by atoms with Crippen molar-refractivity contribution in [3.8, 4) is 0 Å². The number of nitrogens with zero attached hydrogens (tertiary/aromatic N) is 1. The molecule has 2 fully saturated rings. The molecule has 1 aromatic rings. The fourth-order valence-corrected chi connectivity index (χ4v) is 3.61. The lowest BCUT2D eigenvalue weighted by atomic mass is 9.96. The van der Waals surface area contributed by atoms with Gasteiger partial charge in [0.25, 0.3) is 0 Å². The summed E-state index contributed by atoms with van der Waals surface area (Å²) in [6, 6.07) is 6.50. The summed E-state index contributed by atoms with van der Waals surface area (Å²) < 4.78 is 0. The standard InChI is InChI=1S/C14H19N3S/c1-9-3-2-4-13(15-9)17-14(18)16-12-8-10-5-6-11(12)7-10/h2-4,10-12H,5-8H2,1H3,(H2,15,16,17,18)/t10-,11+,12+/m0/s1. The molecule has 0 aliphatic heterocycles. The molecule has 3 nitrogen and oxygen atoms in total. The van der Waals surface area contributed by atoms with Crippen LogP contribution in [0, 0.1) is 18.8 Å². The Morgan fingerprint density at radius 3 is 2.89 bits per heavy atom. The van der Waals surface area contributed by atoms with Crippen LogP contribution in [0.2, 0.25) is 0 Å². The van der Waals surface area contributed by atoms with E-state index in [0.29, 0.717) is 11.2 Å². The molecule has 4 heteroatoms. The van der Waals surface area contributed by atoms with Gasteiger partial charge in [-0.3, -0.25) is 0 Å². The summed E-state index contributed by atoms with van der Waals surface area (Å²) in [6.07, 6.45) is 5.47. The Balaban J connectivity index is 1.56. The molecule has 2 aliphatic rings. The van der Waals surface area contributed by atoms with E-state index >= 15 is 0 Å². The third kappa shape index (κ3) is 2.48. The molecule has 0 unspecified atom stereocenters. The highest BCUT2D eigenvalue weighted by molar-refractivity contribution is 7.80. The minimum atomic E-state index is 0.577. The minimum Gasteiger partial charge on any atom is -0.359 e. The zero-order valence-corrected chi connectivity index (χ0v) is 11.5. The number of thiocarbonyl (C=S) groups is 1. The molecule has 96 valence electrons. The highest BCUT2D eigenvalue weighted by Gasteiger charge is 2.39. The SMILES string of the molecule is Cc1cccc(NC(=S)N[C@@H]2C[C@H]3CC[C@@H]2C3)n1. The predicted molar refractivity (Wildman–Crippen MR) is 77.6 cm³/mol. The Morgan fingerprint density at radius 1 is 1.33 bits per heavy atom. The van der Waals surface area contributed by atoms with Crippen molar-refractivity contribution in [1.82, 2.24) is 10.3 Å². The van der Waals surface area contributed by atoms with Crippen molar-refractivity contribution < 1.29 is 0 Å². The van der Waals surface area contributed by atoms with Crippen LogP contribution in [-0.4, -0.2) is 16.1 Å². The lowest BCUT2D eigenvalue weighted by Crippen LogP contribution is -2.40. The molecule has 3 atom stereocenters. The third-order valence-electron chi connectivity index (χ3n) is 4.18. The molecule has 18 heavy (non-hydrogen) atoms. The van der Waals surface area contributed by atoms with E-state index in [9.17, 15) is 0 Å². The largest absolute Gasteiger partial charge is 0.359 e. The van der Waals surface area contributed by atoms with Crippen LogP contribution >= 0.6 is 12.2 Å². The molecule has 2 aliphatic carbocycles. The van der Waals surface area contributed by atoms with Crippen molar-refractivity contribution in [2.45, 2.75) is 38.6 Å². The second kappa shape index (κ2) is 4.84. The second-order valence-electron chi connectivity index (χ2n) is 5.54. The van der Waals surface area contributed by atoms with Gasteiger partial charge >= 0.3 is 0 Å². The average molecular weight is 261 g/mol. The Kier molecular flexibility index (Phi) is 3.20.